The summed E-state index contributed by atoms with van der Waals surface area (Å²) < 4.78 is 11.0. The summed E-state index contributed by atoms with van der Waals surface area (Å²) in [5, 5.41) is 4.19. The van der Waals surface area contributed by atoms with Crippen LogP contribution in [0.1, 0.15) is 16.1 Å². The highest BCUT2D eigenvalue weighted by atomic mass is 35.5. The molecule has 0 atom stereocenters. The Morgan fingerprint density at radius 3 is 2.62 bits per heavy atom. The van der Waals surface area contributed by atoms with Gasteiger partial charge in [0.05, 0.1) is 12.1 Å². The number of aromatic nitrogens is 1. The Morgan fingerprint density at radius 1 is 1.03 bits per heavy atom. The lowest BCUT2D eigenvalue weighted by atomic mass is 10.2. The van der Waals surface area contributed by atoms with Gasteiger partial charge in [-0.25, -0.2) is 0 Å². The number of hydrogen-bond acceptors (Lipinski definition) is 3. The van der Waals surface area contributed by atoms with E-state index in [2.05, 4.69) is 10.3 Å². The van der Waals surface area contributed by atoms with Crippen LogP contribution in [-0.4, -0.2) is 18.0 Å². The third-order valence-corrected chi connectivity index (χ3v) is 4.79. The highest BCUT2D eigenvalue weighted by Gasteiger charge is 2.12. The number of benzene rings is 3. The first-order valence-corrected chi connectivity index (χ1v) is 9.44. The summed E-state index contributed by atoms with van der Waals surface area (Å²) in [5.74, 6) is 1.03. The predicted molar refractivity (Wildman–Crippen MR) is 115 cm³/mol. The first-order chi connectivity index (χ1) is 14.1. The van der Waals surface area contributed by atoms with Crippen molar-refractivity contribution in [2.75, 3.05) is 12.4 Å². The fourth-order valence-electron chi connectivity index (χ4n) is 3.00. The van der Waals surface area contributed by atoms with E-state index >= 15 is 0 Å². The third kappa shape index (κ3) is 4.36. The topological polar surface area (TPSA) is 63.4 Å². The van der Waals surface area contributed by atoms with Gasteiger partial charge in [-0.1, -0.05) is 41.9 Å². The lowest BCUT2D eigenvalue weighted by Gasteiger charge is -2.07. The molecule has 3 aromatic carbocycles. The Kier molecular flexibility index (Phi) is 5.40. The second kappa shape index (κ2) is 8.29. The van der Waals surface area contributed by atoms with E-state index in [0.717, 1.165) is 22.2 Å². The molecule has 0 aliphatic carbocycles. The smallest absolute Gasteiger partial charge is 0.272 e. The van der Waals surface area contributed by atoms with E-state index < -0.39 is 0 Å². The molecule has 4 rings (SSSR count). The molecule has 1 heterocycles. The number of rotatable bonds is 6. The molecule has 0 spiro atoms. The van der Waals surface area contributed by atoms with Gasteiger partial charge in [-0.05, 0) is 42.0 Å². The molecule has 0 bridgehead atoms. The van der Waals surface area contributed by atoms with Gasteiger partial charge in [0.1, 0.15) is 23.8 Å². The molecule has 0 aliphatic rings. The molecule has 0 saturated carbocycles. The quantitative estimate of drug-likeness (QED) is 0.434. The molecule has 1 aromatic heterocycles. The zero-order valence-electron chi connectivity index (χ0n) is 15.7. The van der Waals surface area contributed by atoms with Crippen LogP contribution in [0.3, 0.4) is 0 Å². The number of fused-ring (bicyclic) bond motifs is 1. The lowest BCUT2D eigenvalue weighted by molar-refractivity contribution is 0.102. The number of amides is 1. The van der Waals surface area contributed by atoms with Crippen LogP contribution in [0.15, 0.2) is 72.8 Å². The number of aromatic amines is 1. The Morgan fingerprint density at radius 2 is 1.86 bits per heavy atom. The second-order valence-corrected chi connectivity index (χ2v) is 6.92. The summed E-state index contributed by atoms with van der Waals surface area (Å²) in [6.45, 7) is 0.485. The molecule has 0 radical (unpaired) electrons. The van der Waals surface area contributed by atoms with Crippen molar-refractivity contribution in [3.8, 4) is 11.5 Å². The minimum absolute atomic E-state index is 0.255. The SMILES string of the molecule is COc1ccc(NC(=O)c2cc3ccc(OCc4ccccc4)cc3[nH]2)cc1Cl. The van der Waals surface area contributed by atoms with E-state index in [-0.39, 0.29) is 5.91 Å². The normalized spacial score (nSPS) is 10.7. The summed E-state index contributed by atoms with van der Waals surface area (Å²) in [6, 6.07) is 22.6. The molecule has 0 aliphatic heterocycles. The van der Waals surface area contributed by atoms with Crippen molar-refractivity contribution < 1.29 is 14.3 Å². The van der Waals surface area contributed by atoms with E-state index in [0.29, 0.717) is 28.8 Å². The first-order valence-electron chi connectivity index (χ1n) is 9.07. The maximum absolute atomic E-state index is 12.6. The Labute approximate surface area is 173 Å². The van der Waals surface area contributed by atoms with Crippen molar-refractivity contribution in [2.45, 2.75) is 6.61 Å². The molecule has 5 nitrogen and oxygen atoms in total. The molecule has 0 fully saturated rings. The van der Waals surface area contributed by atoms with Crippen LogP contribution in [0.25, 0.3) is 10.9 Å². The molecule has 0 saturated heterocycles. The number of halogens is 1. The summed E-state index contributed by atoms with van der Waals surface area (Å²) in [6.07, 6.45) is 0. The Hall–Kier alpha value is -3.44. The molecule has 6 heteroatoms. The van der Waals surface area contributed by atoms with Crippen molar-refractivity contribution >= 4 is 34.1 Å². The highest BCUT2D eigenvalue weighted by Crippen LogP contribution is 2.28. The number of carbonyl (C=O) groups excluding carboxylic acids is 1. The van der Waals surface area contributed by atoms with E-state index in [1.165, 1.54) is 0 Å². The van der Waals surface area contributed by atoms with Crippen LogP contribution in [-0.2, 0) is 6.61 Å². The fraction of sp³-hybridized carbons (Fsp3) is 0.0870. The van der Waals surface area contributed by atoms with Gasteiger partial charge >= 0.3 is 0 Å². The number of hydrogen-bond donors (Lipinski definition) is 2. The molecular weight excluding hydrogens is 388 g/mol. The summed E-state index contributed by atoms with van der Waals surface area (Å²) in [7, 11) is 1.54. The summed E-state index contributed by atoms with van der Waals surface area (Å²) in [4.78, 5) is 15.7. The van der Waals surface area contributed by atoms with Crippen molar-refractivity contribution in [2.24, 2.45) is 0 Å². The first kappa shape index (κ1) is 18.9. The van der Waals surface area contributed by atoms with E-state index in [1.54, 1.807) is 31.4 Å². The molecule has 146 valence electrons. The maximum Gasteiger partial charge on any atom is 0.272 e. The average Bonchev–Trinajstić information content (AvgIpc) is 3.17. The number of H-pyrrole nitrogens is 1. The van der Waals surface area contributed by atoms with Crippen LogP contribution in [0, 0.1) is 0 Å². The van der Waals surface area contributed by atoms with Gasteiger partial charge in [0.25, 0.3) is 5.91 Å². The van der Waals surface area contributed by atoms with Crippen LogP contribution in [0.5, 0.6) is 11.5 Å². The summed E-state index contributed by atoms with van der Waals surface area (Å²) in [5.41, 5.74) is 2.96. The number of carbonyl (C=O) groups is 1. The predicted octanol–water partition coefficient (Wildman–Crippen LogP) is 5.66. The zero-order chi connectivity index (χ0) is 20.2. The molecule has 2 N–H and O–H groups in total. The van der Waals surface area contributed by atoms with Gasteiger partial charge in [-0.3, -0.25) is 4.79 Å². The maximum atomic E-state index is 12.6. The van der Waals surface area contributed by atoms with Gasteiger partial charge in [-0.2, -0.15) is 0 Å². The number of nitrogens with one attached hydrogen (secondary N) is 2. The van der Waals surface area contributed by atoms with E-state index in [9.17, 15) is 4.79 Å². The lowest BCUT2D eigenvalue weighted by Crippen LogP contribution is -2.12. The molecule has 0 unspecified atom stereocenters. The molecule has 29 heavy (non-hydrogen) atoms. The monoisotopic (exact) mass is 406 g/mol. The van der Waals surface area contributed by atoms with Crippen molar-refractivity contribution in [1.82, 2.24) is 4.98 Å². The second-order valence-electron chi connectivity index (χ2n) is 6.51. The minimum atomic E-state index is -0.255. The molecule has 1 amide bonds. The van der Waals surface area contributed by atoms with Crippen molar-refractivity contribution in [1.29, 1.82) is 0 Å². The van der Waals surface area contributed by atoms with Crippen LogP contribution < -0.4 is 14.8 Å². The number of anilines is 1. The zero-order valence-corrected chi connectivity index (χ0v) is 16.5. The number of methoxy groups -OCH3 is 1. The third-order valence-electron chi connectivity index (χ3n) is 4.50. The van der Waals surface area contributed by atoms with Crippen LogP contribution in [0.2, 0.25) is 5.02 Å². The standard InChI is InChI=1S/C23H19ClN2O3/c1-28-22-10-8-17(12-19(22)24)25-23(27)21-11-16-7-9-18(13-20(16)26-21)29-14-15-5-3-2-4-6-15/h2-13,26H,14H2,1H3,(H,25,27). The van der Waals surface area contributed by atoms with E-state index in [1.807, 2.05) is 48.5 Å². The Bertz CT molecular complexity index is 1160. The molecule has 4 aromatic rings. The van der Waals surface area contributed by atoms with Gasteiger partial charge in [0.15, 0.2) is 0 Å². The average molecular weight is 407 g/mol. The Balaban J connectivity index is 1.48. The van der Waals surface area contributed by atoms with Gasteiger partial charge in [0, 0.05) is 22.7 Å². The fourth-order valence-corrected chi connectivity index (χ4v) is 3.26. The van der Waals surface area contributed by atoms with Gasteiger partial charge in [-0.15, -0.1) is 0 Å². The minimum Gasteiger partial charge on any atom is -0.495 e. The largest absolute Gasteiger partial charge is 0.495 e. The van der Waals surface area contributed by atoms with Crippen LogP contribution >= 0.6 is 11.6 Å². The highest BCUT2D eigenvalue weighted by molar-refractivity contribution is 6.32. The summed E-state index contributed by atoms with van der Waals surface area (Å²) >= 11 is 6.12. The van der Waals surface area contributed by atoms with Crippen molar-refractivity contribution in [3.63, 3.8) is 0 Å². The van der Waals surface area contributed by atoms with Gasteiger partial charge < -0.3 is 19.8 Å². The molecular formula is C23H19ClN2O3. The number of ether oxygens (including phenoxy) is 2. The van der Waals surface area contributed by atoms with Crippen LogP contribution in [0.4, 0.5) is 5.69 Å². The van der Waals surface area contributed by atoms with Gasteiger partial charge in [0.2, 0.25) is 0 Å². The van der Waals surface area contributed by atoms with E-state index in [4.69, 9.17) is 21.1 Å². The van der Waals surface area contributed by atoms with Crippen molar-refractivity contribution in [3.05, 3.63) is 89.1 Å².